The van der Waals surface area contributed by atoms with Gasteiger partial charge in [0.05, 0.1) is 19.8 Å². The Hall–Kier alpha value is -1.26. The Bertz CT molecular complexity index is 782. The van der Waals surface area contributed by atoms with Crippen LogP contribution in [-0.2, 0) is 28.5 Å². The lowest BCUT2D eigenvalue weighted by Gasteiger charge is -2.42. The van der Waals surface area contributed by atoms with Crippen molar-refractivity contribution >= 4 is 11.6 Å². The summed E-state index contributed by atoms with van der Waals surface area (Å²) in [5.41, 5.74) is 0. The number of hydrogen-bond acceptors (Lipinski definition) is 17. The molecule has 0 radical (unpaired) electrons. The molecule has 0 aromatic rings. The minimum Gasteiger partial charge on any atom is -0.394 e. The van der Waals surface area contributed by atoms with Crippen LogP contribution in [0.2, 0.25) is 0 Å². The Kier molecular flexibility index (Phi) is 13.1. The van der Waals surface area contributed by atoms with E-state index >= 15 is 0 Å². The standard InChI is InChI=1S/C22H38O17/c1-2-3-7(24)11(26)15(30)16(31)12(27)8(25)5-36-21-20(35)18(33)14(29)10(39-21)6-37-22-19(34)17(32)13(28)9(4-23)38-22/h8-10,12-23,25,27-35H,2-6H2,1H3/t8-,9-,10-,12-,13-,14-,15+,16+,17+,18+,19-,20-,21+,22+/m1/s1. The summed E-state index contributed by atoms with van der Waals surface area (Å²) in [4.78, 5) is 23.5. The average Bonchev–Trinajstić information content (AvgIpc) is 2.92. The van der Waals surface area contributed by atoms with E-state index in [1.54, 1.807) is 6.92 Å². The number of rotatable bonds is 14. The Morgan fingerprint density at radius 3 is 1.79 bits per heavy atom. The quantitative estimate of drug-likeness (QED) is 0.0859. The number of aliphatic hydroxyl groups excluding tert-OH is 11. The molecular formula is C22H38O17. The topological polar surface area (TPSA) is 294 Å². The van der Waals surface area contributed by atoms with E-state index < -0.39 is 117 Å². The molecule has 2 saturated heterocycles. The second kappa shape index (κ2) is 15.1. The summed E-state index contributed by atoms with van der Waals surface area (Å²) in [5.74, 6) is -2.34. The van der Waals surface area contributed by atoms with E-state index in [0.717, 1.165) is 0 Å². The molecule has 2 aliphatic heterocycles. The van der Waals surface area contributed by atoms with Crippen LogP contribution in [0.25, 0.3) is 0 Å². The molecule has 17 nitrogen and oxygen atoms in total. The van der Waals surface area contributed by atoms with E-state index in [2.05, 4.69) is 0 Å². The summed E-state index contributed by atoms with van der Waals surface area (Å²) in [6.07, 6.45) is -25.5. The maximum atomic E-state index is 11.9. The second-order valence-electron chi connectivity index (χ2n) is 9.41. The van der Waals surface area contributed by atoms with E-state index in [1.165, 1.54) is 0 Å². The molecule has 0 aromatic heterocycles. The summed E-state index contributed by atoms with van der Waals surface area (Å²) in [5, 5.41) is 110. The van der Waals surface area contributed by atoms with Crippen LogP contribution in [0.1, 0.15) is 19.8 Å². The number of ether oxygens (including phenoxy) is 4. The molecule has 0 amide bonds. The van der Waals surface area contributed by atoms with Gasteiger partial charge in [-0.25, -0.2) is 0 Å². The molecule has 17 heteroatoms. The van der Waals surface area contributed by atoms with Crippen LogP contribution < -0.4 is 0 Å². The highest BCUT2D eigenvalue weighted by Crippen LogP contribution is 2.26. The normalized spacial score (nSPS) is 38.6. The van der Waals surface area contributed by atoms with Crippen LogP contribution in [-0.4, -0.2) is 173 Å². The largest absolute Gasteiger partial charge is 0.394 e. The fourth-order valence-electron chi connectivity index (χ4n) is 3.96. The van der Waals surface area contributed by atoms with Gasteiger partial charge < -0.3 is 75.1 Å². The van der Waals surface area contributed by atoms with Gasteiger partial charge in [-0.3, -0.25) is 9.59 Å². The smallest absolute Gasteiger partial charge is 0.229 e. The van der Waals surface area contributed by atoms with Crippen LogP contribution in [0.15, 0.2) is 0 Å². The third kappa shape index (κ3) is 8.15. The zero-order valence-corrected chi connectivity index (χ0v) is 21.0. The minimum absolute atomic E-state index is 0.198. The van der Waals surface area contributed by atoms with E-state index in [4.69, 9.17) is 18.9 Å². The monoisotopic (exact) mass is 574 g/mol. The maximum Gasteiger partial charge on any atom is 0.229 e. The van der Waals surface area contributed by atoms with Crippen molar-refractivity contribution in [1.29, 1.82) is 0 Å². The van der Waals surface area contributed by atoms with Gasteiger partial charge in [-0.1, -0.05) is 6.92 Å². The lowest BCUT2D eigenvalue weighted by Crippen LogP contribution is -2.62. The first-order valence-electron chi connectivity index (χ1n) is 12.3. The van der Waals surface area contributed by atoms with Gasteiger partial charge in [0.2, 0.25) is 11.6 Å². The molecule has 39 heavy (non-hydrogen) atoms. The van der Waals surface area contributed by atoms with E-state index in [9.17, 15) is 65.8 Å². The Labute approximate surface area is 222 Å². The third-order valence-corrected chi connectivity index (χ3v) is 6.46. The predicted octanol–water partition coefficient (Wildman–Crippen LogP) is -6.99. The predicted molar refractivity (Wildman–Crippen MR) is 121 cm³/mol. The number of carbonyl (C=O) groups is 2. The van der Waals surface area contributed by atoms with Crippen LogP contribution >= 0.6 is 0 Å². The van der Waals surface area contributed by atoms with Crippen molar-refractivity contribution in [2.75, 3.05) is 19.8 Å². The fourth-order valence-corrected chi connectivity index (χ4v) is 3.96. The van der Waals surface area contributed by atoms with E-state index in [0.29, 0.717) is 6.42 Å². The van der Waals surface area contributed by atoms with Gasteiger partial charge in [-0.15, -0.1) is 0 Å². The third-order valence-electron chi connectivity index (χ3n) is 6.46. The summed E-state index contributed by atoms with van der Waals surface area (Å²) >= 11 is 0. The molecule has 0 unspecified atom stereocenters. The van der Waals surface area contributed by atoms with Crippen LogP contribution in [0.4, 0.5) is 0 Å². The Morgan fingerprint density at radius 1 is 0.744 bits per heavy atom. The number of carbonyl (C=O) groups excluding carboxylic acids is 2. The lowest BCUT2D eigenvalue weighted by molar-refractivity contribution is -0.333. The zero-order chi connectivity index (χ0) is 29.6. The van der Waals surface area contributed by atoms with Gasteiger partial charge in [-0.05, 0) is 6.42 Å². The van der Waals surface area contributed by atoms with Crippen LogP contribution in [0.3, 0.4) is 0 Å². The molecule has 2 rings (SSSR count). The lowest BCUT2D eigenvalue weighted by atomic mass is 9.97. The van der Waals surface area contributed by atoms with E-state index in [1.807, 2.05) is 0 Å². The molecule has 228 valence electrons. The van der Waals surface area contributed by atoms with Crippen molar-refractivity contribution in [3.63, 3.8) is 0 Å². The molecule has 11 N–H and O–H groups in total. The zero-order valence-electron chi connectivity index (χ0n) is 21.0. The number of Topliss-reactive ketones (excluding diaryl/α,β-unsaturated/α-hetero) is 2. The minimum atomic E-state index is -2.33. The van der Waals surface area contributed by atoms with Gasteiger partial charge in [0.15, 0.2) is 12.6 Å². The van der Waals surface area contributed by atoms with Gasteiger partial charge in [0.1, 0.15) is 73.2 Å². The SMILES string of the molecule is CCCC(=O)C(=O)[C@H](O)[C@@H](O)[C@H](O)[C@H](O)CO[C@H]1O[C@H](CO[C@H]2O[C@H](CO)[C@@H](O)[C@H](O)[C@H]2O)[C@@H](O)[C@H](O)[C@H]1O. The highest BCUT2D eigenvalue weighted by Gasteiger charge is 2.48. The summed E-state index contributed by atoms with van der Waals surface area (Å²) in [6.45, 7) is -0.657. The molecule has 0 saturated carbocycles. The van der Waals surface area contributed by atoms with Gasteiger partial charge in [0, 0.05) is 6.42 Å². The van der Waals surface area contributed by atoms with Crippen molar-refractivity contribution in [2.24, 2.45) is 0 Å². The van der Waals surface area contributed by atoms with Gasteiger partial charge in [0.25, 0.3) is 0 Å². The van der Waals surface area contributed by atoms with Crippen molar-refractivity contribution in [1.82, 2.24) is 0 Å². The summed E-state index contributed by atoms with van der Waals surface area (Å²) in [6, 6.07) is 0. The van der Waals surface area contributed by atoms with E-state index in [-0.39, 0.29) is 6.42 Å². The molecule has 2 heterocycles. The van der Waals surface area contributed by atoms with Gasteiger partial charge >= 0.3 is 0 Å². The summed E-state index contributed by atoms with van der Waals surface area (Å²) in [7, 11) is 0. The van der Waals surface area contributed by atoms with Crippen molar-refractivity contribution in [3.8, 4) is 0 Å². The molecule has 0 spiro atoms. The molecular weight excluding hydrogens is 536 g/mol. The summed E-state index contributed by atoms with van der Waals surface area (Å²) < 4.78 is 20.9. The number of aliphatic hydroxyl groups is 11. The Balaban J connectivity index is 1.95. The molecule has 0 bridgehead atoms. The number of ketones is 2. The highest BCUT2D eigenvalue weighted by atomic mass is 16.7. The molecule has 0 aromatic carbocycles. The van der Waals surface area contributed by atoms with Gasteiger partial charge in [-0.2, -0.15) is 0 Å². The average molecular weight is 575 g/mol. The molecule has 0 aliphatic carbocycles. The van der Waals surface area contributed by atoms with Crippen molar-refractivity contribution in [2.45, 2.75) is 106 Å². The molecule has 2 fully saturated rings. The van der Waals surface area contributed by atoms with Crippen molar-refractivity contribution in [3.05, 3.63) is 0 Å². The maximum absolute atomic E-state index is 11.9. The van der Waals surface area contributed by atoms with Crippen LogP contribution in [0, 0.1) is 0 Å². The molecule has 14 atom stereocenters. The van der Waals surface area contributed by atoms with Crippen molar-refractivity contribution < 1.29 is 84.7 Å². The fraction of sp³-hybridized carbons (Fsp3) is 0.909. The second-order valence-corrected chi connectivity index (χ2v) is 9.41. The number of hydrogen-bond donors (Lipinski definition) is 11. The van der Waals surface area contributed by atoms with Crippen LogP contribution in [0.5, 0.6) is 0 Å². The Morgan fingerprint density at radius 2 is 1.26 bits per heavy atom. The first-order chi connectivity index (χ1) is 18.3. The highest BCUT2D eigenvalue weighted by molar-refractivity contribution is 6.38. The first kappa shape index (κ1) is 33.9. The molecule has 2 aliphatic rings. The first-order valence-corrected chi connectivity index (χ1v) is 12.3.